The number of rotatable bonds is 13. The number of hydrogen-bond acceptors (Lipinski definition) is 7. The lowest BCUT2D eigenvalue weighted by molar-refractivity contribution is 0.113. The minimum Gasteiger partial charge on any atom is -0.398 e. The summed E-state index contributed by atoms with van der Waals surface area (Å²) in [6, 6.07) is 1.92. The summed E-state index contributed by atoms with van der Waals surface area (Å²) in [5.41, 5.74) is 0. The fourth-order valence-electron chi connectivity index (χ4n) is 3.22. The fourth-order valence-corrected chi connectivity index (χ4v) is 6.30. The molecule has 0 amide bonds. The first-order valence-electron chi connectivity index (χ1n) is 9.17. The molecule has 0 N–H and O–H groups in total. The van der Waals surface area contributed by atoms with Crippen LogP contribution < -0.4 is 0 Å². The van der Waals surface area contributed by atoms with E-state index >= 15 is 0 Å². The molecule has 1 aliphatic rings. The van der Waals surface area contributed by atoms with Crippen LogP contribution in [0.4, 0.5) is 0 Å². The molecule has 0 bridgehead atoms. The molecule has 1 rings (SSSR count). The molecule has 0 unspecified atom stereocenters. The summed E-state index contributed by atoms with van der Waals surface area (Å²) in [4.78, 5) is 5.08. The highest BCUT2D eigenvalue weighted by Crippen LogP contribution is 2.17. The molecular weight excluding hydrogens is 356 g/mol. The molecule has 7 nitrogen and oxygen atoms in total. The lowest BCUT2D eigenvalue weighted by atomic mass is 10.3. The van der Waals surface area contributed by atoms with Crippen LogP contribution in [-0.4, -0.2) is 102 Å². The Morgan fingerprint density at radius 3 is 1.40 bits per heavy atom. The first-order valence-corrected chi connectivity index (χ1v) is 13.6. The SMILES string of the molecule is CO[Si](C)(CCCN1CCN(CCC[Si](OC)(OC)OC)CC1)OC. The molecule has 0 aromatic carbocycles. The average molecular weight is 395 g/mol. The third-order valence-corrected chi connectivity index (χ3v) is 11.1. The van der Waals surface area contributed by atoms with Crippen molar-refractivity contribution in [2.75, 3.05) is 74.8 Å². The quantitative estimate of drug-likeness (QED) is 0.440. The van der Waals surface area contributed by atoms with E-state index in [1.807, 2.05) is 0 Å². The van der Waals surface area contributed by atoms with Crippen molar-refractivity contribution in [2.45, 2.75) is 31.5 Å². The van der Waals surface area contributed by atoms with Gasteiger partial charge in [0.05, 0.1) is 0 Å². The molecule has 1 saturated heterocycles. The van der Waals surface area contributed by atoms with E-state index in [0.29, 0.717) is 0 Å². The van der Waals surface area contributed by atoms with Crippen LogP contribution in [0.1, 0.15) is 12.8 Å². The van der Waals surface area contributed by atoms with Gasteiger partial charge in [0.2, 0.25) is 0 Å². The second-order valence-electron chi connectivity index (χ2n) is 6.73. The van der Waals surface area contributed by atoms with Crippen LogP contribution in [0.3, 0.4) is 0 Å². The van der Waals surface area contributed by atoms with E-state index in [2.05, 4.69) is 16.3 Å². The molecule has 1 fully saturated rings. The third-order valence-electron chi connectivity index (χ3n) is 5.32. The number of hydrogen-bond donors (Lipinski definition) is 0. The second kappa shape index (κ2) is 11.8. The predicted octanol–water partition coefficient (Wildman–Crippen LogP) is 1.63. The molecule has 0 radical (unpaired) electrons. The Labute approximate surface area is 156 Å². The Kier molecular flexibility index (Phi) is 10.9. The number of piperazine rings is 1. The molecule has 0 atom stereocenters. The van der Waals surface area contributed by atoms with E-state index < -0.39 is 17.4 Å². The first-order chi connectivity index (χ1) is 12.0. The molecule has 25 heavy (non-hydrogen) atoms. The van der Waals surface area contributed by atoms with E-state index in [1.54, 1.807) is 35.5 Å². The Balaban J connectivity index is 2.19. The normalized spacial score (nSPS) is 18.0. The zero-order valence-corrected chi connectivity index (χ0v) is 19.0. The topological polar surface area (TPSA) is 52.6 Å². The van der Waals surface area contributed by atoms with Gasteiger partial charge in [-0.15, -0.1) is 0 Å². The smallest absolute Gasteiger partial charge is 0.398 e. The maximum absolute atomic E-state index is 5.56. The molecule has 1 aliphatic heterocycles. The maximum Gasteiger partial charge on any atom is 0.500 e. The van der Waals surface area contributed by atoms with Crippen molar-refractivity contribution in [1.29, 1.82) is 0 Å². The van der Waals surface area contributed by atoms with Crippen molar-refractivity contribution >= 4 is 17.4 Å². The van der Waals surface area contributed by atoms with Gasteiger partial charge in [-0.2, -0.15) is 0 Å². The van der Waals surface area contributed by atoms with Gasteiger partial charge in [-0.25, -0.2) is 0 Å². The monoisotopic (exact) mass is 394 g/mol. The van der Waals surface area contributed by atoms with Gasteiger partial charge in [0, 0.05) is 67.8 Å². The van der Waals surface area contributed by atoms with E-state index in [1.165, 1.54) is 0 Å². The molecular formula is C16H38N2O5Si2. The fraction of sp³-hybridized carbons (Fsp3) is 1.00. The Morgan fingerprint density at radius 1 is 0.640 bits per heavy atom. The summed E-state index contributed by atoms with van der Waals surface area (Å²) in [5, 5.41) is 0. The van der Waals surface area contributed by atoms with Gasteiger partial charge in [-0.05, 0) is 38.5 Å². The van der Waals surface area contributed by atoms with Crippen LogP contribution in [0.5, 0.6) is 0 Å². The van der Waals surface area contributed by atoms with Gasteiger partial charge in [0.1, 0.15) is 0 Å². The van der Waals surface area contributed by atoms with Gasteiger partial charge in [-0.1, -0.05) is 0 Å². The van der Waals surface area contributed by atoms with E-state index in [9.17, 15) is 0 Å². The van der Waals surface area contributed by atoms with Crippen molar-refractivity contribution in [2.24, 2.45) is 0 Å². The first kappa shape index (κ1) is 23.2. The van der Waals surface area contributed by atoms with Crippen LogP contribution in [-0.2, 0) is 22.1 Å². The molecule has 0 spiro atoms. The molecule has 0 aliphatic carbocycles. The zero-order valence-electron chi connectivity index (χ0n) is 17.0. The molecule has 0 aromatic heterocycles. The molecule has 0 aromatic rings. The average Bonchev–Trinajstić information content (AvgIpc) is 2.66. The Morgan fingerprint density at radius 2 is 1.04 bits per heavy atom. The minimum absolute atomic E-state index is 0.869. The van der Waals surface area contributed by atoms with Gasteiger partial charge in [0.25, 0.3) is 0 Å². The Hall–Kier alpha value is 0.154. The Bertz CT molecular complexity index is 341. The van der Waals surface area contributed by atoms with Crippen LogP contribution in [0.15, 0.2) is 0 Å². The van der Waals surface area contributed by atoms with Crippen molar-refractivity contribution in [3.05, 3.63) is 0 Å². The summed E-state index contributed by atoms with van der Waals surface area (Å²) in [6.07, 6.45) is 2.20. The predicted molar refractivity (Wildman–Crippen MR) is 104 cm³/mol. The summed E-state index contributed by atoms with van der Waals surface area (Å²) in [6.45, 7) is 8.89. The van der Waals surface area contributed by atoms with Gasteiger partial charge < -0.3 is 31.9 Å². The van der Waals surface area contributed by atoms with Gasteiger partial charge >= 0.3 is 17.4 Å². The summed E-state index contributed by atoms with van der Waals surface area (Å²) in [5.74, 6) is 0. The maximum atomic E-state index is 5.56. The van der Waals surface area contributed by atoms with Crippen LogP contribution in [0.2, 0.25) is 18.6 Å². The standard InChI is InChI=1S/C16H38N2O5Si2/c1-19-24(6,20-2)15-7-9-17-11-13-18(14-12-17)10-8-16-25(21-3,22-4)23-5/h7-16H2,1-6H3. The van der Waals surface area contributed by atoms with Crippen molar-refractivity contribution in [1.82, 2.24) is 9.80 Å². The zero-order chi connectivity index (χ0) is 18.8. The molecule has 150 valence electrons. The van der Waals surface area contributed by atoms with Gasteiger partial charge in [0.15, 0.2) is 0 Å². The van der Waals surface area contributed by atoms with E-state index in [-0.39, 0.29) is 0 Å². The van der Waals surface area contributed by atoms with Crippen LogP contribution >= 0.6 is 0 Å². The van der Waals surface area contributed by atoms with E-state index in [0.717, 1.165) is 64.2 Å². The van der Waals surface area contributed by atoms with Crippen molar-refractivity contribution in [3.63, 3.8) is 0 Å². The summed E-state index contributed by atoms with van der Waals surface area (Å²) < 4.78 is 27.6. The highest BCUT2D eigenvalue weighted by molar-refractivity contribution is 6.65. The summed E-state index contributed by atoms with van der Waals surface area (Å²) >= 11 is 0. The second-order valence-corrected chi connectivity index (χ2v) is 13.4. The van der Waals surface area contributed by atoms with E-state index in [4.69, 9.17) is 22.1 Å². The lowest BCUT2D eigenvalue weighted by Crippen LogP contribution is -2.48. The van der Waals surface area contributed by atoms with Gasteiger partial charge in [-0.3, -0.25) is 0 Å². The minimum atomic E-state index is -2.42. The lowest BCUT2D eigenvalue weighted by Gasteiger charge is -2.35. The van der Waals surface area contributed by atoms with Crippen molar-refractivity contribution < 1.29 is 22.1 Å². The number of nitrogens with zero attached hydrogens (tertiary/aromatic N) is 2. The molecule has 1 heterocycles. The summed E-state index contributed by atoms with van der Waals surface area (Å²) in [7, 11) is 4.25. The highest BCUT2D eigenvalue weighted by Gasteiger charge is 2.37. The highest BCUT2D eigenvalue weighted by atomic mass is 28.4. The largest absolute Gasteiger partial charge is 0.500 e. The third kappa shape index (κ3) is 7.73. The van der Waals surface area contributed by atoms with Crippen LogP contribution in [0, 0.1) is 0 Å². The molecule has 0 saturated carbocycles. The van der Waals surface area contributed by atoms with Crippen molar-refractivity contribution in [3.8, 4) is 0 Å². The molecule has 9 heteroatoms. The van der Waals surface area contributed by atoms with Crippen LogP contribution in [0.25, 0.3) is 0 Å².